The van der Waals surface area contributed by atoms with Crippen LogP contribution in [0.25, 0.3) is 0 Å². The zero-order chi connectivity index (χ0) is 19.3. The molecule has 1 saturated carbocycles. The number of aliphatic hydroxyl groups excluding tert-OH is 1. The maximum Gasteiger partial charge on any atom is 0.0900 e. The molecular formula is C24H39NO2. The summed E-state index contributed by atoms with van der Waals surface area (Å²) in [6.45, 7) is 10.4. The molecule has 1 saturated heterocycles. The van der Waals surface area contributed by atoms with Gasteiger partial charge in [0, 0.05) is 6.54 Å². The van der Waals surface area contributed by atoms with Crippen molar-refractivity contribution in [3.8, 4) is 0 Å². The van der Waals surface area contributed by atoms with Gasteiger partial charge in [-0.15, -0.1) is 0 Å². The van der Waals surface area contributed by atoms with Gasteiger partial charge in [-0.1, -0.05) is 51.1 Å². The summed E-state index contributed by atoms with van der Waals surface area (Å²) in [6, 6.07) is 10.8. The predicted molar refractivity (Wildman–Crippen MR) is 112 cm³/mol. The number of hydrogen-bond donors (Lipinski definition) is 1. The summed E-state index contributed by atoms with van der Waals surface area (Å²) in [5.41, 5.74) is 1.82. The summed E-state index contributed by atoms with van der Waals surface area (Å²) < 4.78 is 6.12. The Hall–Kier alpha value is -0.900. The van der Waals surface area contributed by atoms with E-state index < -0.39 is 0 Å². The third kappa shape index (κ3) is 6.89. The van der Waals surface area contributed by atoms with Gasteiger partial charge in [-0.25, -0.2) is 0 Å². The summed E-state index contributed by atoms with van der Waals surface area (Å²) >= 11 is 0. The summed E-state index contributed by atoms with van der Waals surface area (Å²) in [6.07, 6.45) is 7.15. The highest BCUT2D eigenvalue weighted by molar-refractivity contribution is 5.15. The summed E-state index contributed by atoms with van der Waals surface area (Å²) in [7, 11) is 0. The van der Waals surface area contributed by atoms with Crippen LogP contribution in [0, 0.1) is 17.3 Å². The van der Waals surface area contributed by atoms with E-state index in [1.54, 1.807) is 0 Å². The zero-order valence-corrected chi connectivity index (χ0v) is 17.6. The molecule has 1 aromatic rings. The van der Waals surface area contributed by atoms with Gasteiger partial charge in [0.05, 0.1) is 18.8 Å². The van der Waals surface area contributed by atoms with Crippen molar-refractivity contribution in [3.63, 3.8) is 0 Å². The fourth-order valence-corrected chi connectivity index (χ4v) is 5.30. The molecule has 2 fully saturated rings. The number of likely N-dealkylation sites (tertiary alicyclic amines) is 1. The van der Waals surface area contributed by atoms with E-state index in [-0.39, 0.29) is 6.10 Å². The molecule has 152 valence electrons. The number of piperidine rings is 1. The second kappa shape index (κ2) is 9.54. The number of aliphatic hydroxyl groups is 1. The molecule has 27 heavy (non-hydrogen) atoms. The lowest BCUT2D eigenvalue weighted by molar-refractivity contribution is -0.0627. The van der Waals surface area contributed by atoms with Crippen LogP contribution in [-0.4, -0.2) is 48.5 Å². The average Bonchev–Trinajstić information content (AvgIpc) is 2.61. The monoisotopic (exact) mass is 373 g/mol. The van der Waals surface area contributed by atoms with E-state index in [2.05, 4.69) is 56.0 Å². The highest BCUT2D eigenvalue weighted by Crippen LogP contribution is 2.39. The van der Waals surface area contributed by atoms with E-state index in [1.165, 1.54) is 31.2 Å². The molecule has 2 aliphatic rings. The lowest BCUT2D eigenvalue weighted by atomic mass is 9.71. The average molecular weight is 374 g/mol. The number of nitrogens with zero attached hydrogens (tertiary/aromatic N) is 1. The van der Waals surface area contributed by atoms with Gasteiger partial charge >= 0.3 is 0 Å². The Bertz CT molecular complexity index is 551. The molecule has 3 atom stereocenters. The van der Waals surface area contributed by atoms with Gasteiger partial charge in [0.15, 0.2) is 0 Å². The molecule has 3 rings (SSSR count). The molecular weight excluding hydrogens is 334 g/mol. The van der Waals surface area contributed by atoms with Crippen LogP contribution in [0.1, 0.15) is 58.4 Å². The van der Waals surface area contributed by atoms with Crippen molar-refractivity contribution in [1.82, 2.24) is 4.90 Å². The fourth-order valence-electron chi connectivity index (χ4n) is 5.30. The first-order valence-electron chi connectivity index (χ1n) is 11.0. The second-order valence-corrected chi connectivity index (χ2v) is 9.96. The highest BCUT2D eigenvalue weighted by atomic mass is 16.5. The Kier molecular flexibility index (Phi) is 7.35. The molecule has 1 aliphatic heterocycles. The third-order valence-electron chi connectivity index (χ3n) is 6.41. The van der Waals surface area contributed by atoms with Crippen molar-refractivity contribution in [2.24, 2.45) is 17.3 Å². The molecule has 3 nitrogen and oxygen atoms in total. The molecule has 3 heteroatoms. The van der Waals surface area contributed by atoms with Gasteiger partial charge in [0.1, 0.15) is 0 Å². The minimum absolute atomic E-state index is 0.315. The van der Waals surface area contributed by atoms with Crippen molar-refractivity contribution in [3.05, 3.63) is 35.9 Å². The van der Waals surface area contributed by atoms with Crippen LogP contribution < -0.4 is 0 Å². The maximum absolute atomic E-state index is 10.5. The van der Waals surface area contributed by atoms with Gasteiger partial charge in [0.2, 0.25) is 0 Å². The summed E-state index contributed by atoms with van der Waals surface area (Å²) in [5, 5.41) is 10.5. The third-order valence-corrected chi connectivity index (χ3v) is 6.41. The standard InChI is InChI=1S/C24H39NO2/c1-19-13-23(16-24(2,3)15-19)27-18-22(26)17-25-11-9-21(10-12-25)14-20-7-5-4-6-8-20/h4-8,19,21-23,26H,9-18H2,1-3H3/t19-,22-,23+/m1/s1. The molecule has 1 aromatic carbocycles. The van der Waals surface area contributed by atoms with Gasteiger partial charge in [-0.3, -0.25) is 0 Å². The van der Waals surface area contributed by atoms with Gasteiger partial charge in [-0.05, 0) is 74.4 Å². The van der Waals surface area contributed by atoms with Crippen LogP contribution in [0.4, 0.5) is 0 Å². The molecule has 1 aliphatic carbocycles. The molecule has 1 heterocycles. The number of rotatable bonds is 7. The second-order valence-electron chi connectivity index (χ2n) is 9.96. The molecule has 0 aromatic heterocycles. The minimum atomic E-state index is -0.365. The van der Waals surface area contributed by atoms with E-state index in [4.69, 9.17) is 4.74 Å². The van der Waals surface area contributed by atoms with Crippen molar-refractivity contribution in [1.29, 1.82) is 0 Å². The summed E-state index contributed by atoms with van der Waals surface area (Å²) in [4.78, 5) is 2.42. The van der Waals surface area contributed by atoms with Crippen LogP contribution in [0.5, 0.6) is 0 Å². The largest absolute Gasteiger partial charge is 0.389 e. The highest BCUT2D eigenvalue weighted by Gasteiger charge is 2.33. The molecule has 0 spiro atoms. The number of hydrogen-bond acceptors (Lipinski definition) is 3. The Morgan fingerprint density at radius 2 is 1.85 bits per heavy atom. The van der Waals surface area contributed by atoms with Crippen molar-refractivity contribution >= 4 is 0 Å². The Morgan fingerprint density at radius 3 is 2.52 bits per heavy atom. The number of benzene rings is 1. The van der Waals surface area contributed by atoms with Crippen molar-refractivity contribution < 1.29 is 9.84 Å². The fraction of sp³-hybridized carbons (Fsp3) is 0.750. The lowest BCUT2D eigenvalue weighted by Crippen LogP contribution is -2.41. The normalized spacial score (nSPS) is 28.1. The van der Waals surface area contributed by atoms with Crippen LogP contribution in [-0.2, 0) is 11.2 Å². The lowest BCUT2D eigenvalue weighted by Gasteiger charge is -2.39. The van der Waals surface area contributed by atoms with Gasteiger partial charge < -0.3 is 14.7 Å². The number of ether oxygens (including phenoxy) is 1. The Labute approximate surface area is 166 Å². The Balaban J connectivity index is 1.34. The Morgan fingerprint density at radius 1 is 1.15 bits per heavy atom. The van der Waals surface area contributed by atoms with Crippen LogP contribution in [0.3, 0.4) is 0 Å². The van der Waals surface area contributed by atoms with Crippen molar-refractivity contribution in [2.75, 3.05) is 26.2 Å². The van der Waals surface area contributed by atoms with E-state index in [9.17, 15) is 5.11 Å². The smallest absolute Gasteiger partial charge is 0.0900 e. The van der Waals surface area contributed by atoms with Crippen molar-refractivity contribution in [2.45, 2.75) is 71.5 Å². The first kappa shape index (κ1) is 20.8. The molecule has 0 unspecified atom stereocenters. The molecule has 0 bridgehead atoms. The first-order valence-corrected chi connectivity index (χ1v) is 11.0. The number of β-amino-alcohol motifs (C(OH)–C–C–N with tert-alkyl or cyclic N) is 1. The van der Waals surface area contributed by atoms with E-state index in [0.717, 1.165) is 44.3 Å². The molecule has 1 N–H and O–H groups in total. The van der Waals surface area contributed by atoms with Crippen LogP contribution in [0.15, 0.2) is 30.3 Å². The predicted octanol–water partition coefficient (Wildman–Crippen LogP) is 4.53. The van der Waals surface area contributed by atoms with Gasteiger partial charge in [-0.2, -0.15) is 0 Å². The SMILES string of the molecule is C[C@@H]1C[C@H](OC[C@H](O)CN2CCC(Cc3ccccc3)CC2)CC(C)(C)C1. The van der Waals surface area contributed by atoms with Crippen LogP contribution >= 0.6 is 0 Å². The van der Waals surface area contributed by atoms with E-state index >= 15 is 0 Å². The molecule has 0 amide bonds. The topological polar surface area (TPSA) is 32.7 Å². The quantitative estimate of drug-likeness (QED) is 0.762. The molecule has 0 radical (unpaired) electrons. The van der Waals surface area contributed by atoms with E-state index in [1.807, 2.05) is 0 Å². The minimum Gasteiger partial charge on any atom is -0.389 e. The maximum atomic E-state index is 10.5. The van der Waals surface area contributed by atoms with Crippen LogP contribution in [0.2, 0.25) is 0 Å². The van der Waals surface area contributed by atoms with E-state index in [0.29, 0.717) is 18.1 Å². The summed E-state index contributed by atoms with van der Waals surface area (Å²) in [5.74, 6) is 1.50. The first-order chi connectivity index (χ1) is 12.9. The zero-order valence-electron chi connectivity index (χ0n) is 17.6. The van der Waals surface area contributed by atoms with Gasteiger partial charge in [0.25, 0.3) is 0 Å².